The lowest BCUT2D eigenvalue weighted by molar-refractivity contribution is 0.849. The van der Waals surface area contributed by atoms with Gasteiger partial charge >= 0.3 is 0 Å². The van der Waals surface area contributed by atoms with E-state index in [2.05, 4.69) is 18.1 Å². The molecule has 15 heavy (non-hydrogen) atoms. The summed E-state index contributed by atoms with van der Waals surface area (Å²) in [5.74, 6) is 0.985. The van der Waals surface area contributed by atoms with Gasteiger partial charge in [-0.25, -0.2) is 4.98 Å². The molecule has 0 amide bonds. The van der Waals surface area contributed by atoms with Gasteiger partial charge < -0.3 is 4.57 Å². The second-order valence-corrected chi connectivity index (χ2v) is 2.79. The number of rotatable bonds is 3. The molecular weight excluding hydrogens is 184 g/mol. The first-order chi connectivity index (χ1) is 7.20. The predicted molar refractivity (Wildman–Crippen MR) is 68.6 cm³/mol. The van der Waals surface area contributed by atoms with Crippen LogP contribution < -0.4 is 0 Å². The van der Waals surface area contributed by atoms with E-state index in [0.717, 1.165) is 17.2 Å². The van der Waals surface area contributed by atoms with Crippen LogP contribution in [0.4, 0.5) is 0 Å². The van der Waals surface area contributed by atoms with Crippen LogP contribution >= 0.6 is 0 Å². The highest BCUT2D eigenvalue weighted by Gasteiger charge is 2.05. The van der Waals surface area contributed by atoms with Crippen LogP contribution in [-0.2, 0) is 7.05 Å². The minimum absolute atomic E-state index is 0.940. The molecule has 0 aliphatic heterocycles. The molecule has 0 radical (unpaired) electrons. The van der Waals surface area contributed by atoms with E-state index in [1.165, 1.54) is 0 Å². The Labute approximate surface area is 92.7 Å². The highest BCUT2D eigenvalue weighted by Crippen LogP contribution is 2.12. The number of allylic oxidation sites excluding steroid dienone is 2. The highest BCUT2D eigenvalue weighted by molar-refractivity contribution is 5.60. The quantitative estimate of drug-likeness (QED) is 0.688. The van der Waals surface area contributed by atoms with Gasteiger partial charge in [-0.15, -0.1) is 0 Å². The molecule has 0 saturated heterocycles. The Morgan fingerprint density at radius 3 is 2.33 bits per heavy atom. The van der Waals surface area contributed by atoms with Gasteiger partial charge in [-0.3, -0.25) is 0 Å². The Balaban J connectivity index is 0.000000921. The molecule has 1 aromatic rings. The number of imidazole rings is 1. The fraction of sp³-hybridized carbons (Fsp3) is 0.308. The topological polar surface area (TPSA) is 17.8 Å². The van der Waals surface area contributed by atoms with Crippen LogP contribution in [0.3, 0.4) is 0 Å². The first kappa shape index (κ1) is 13.4. The van der Waals surface area contributed by atoms with Crippen LogP contribution in [0.2, 0.25) is 0 Å². The molecule has 0 atom stereocenters. The summed E-state index contributed by atoms with van der Waals surface area (Å²) in [6.07, 6.45) is 7.34. The van der Waals surface area contributed by atoms with Gasteiger partial charge in [-0.2, -0.15) is 0 Å². The lowest BCUT2D eigenvalue weighted by Crippen LogP contribution is -1.93. The molecule has 1 heterocycles. The SMILES string of the molecule is C=C/C=C\c1nc(C)n(C)c1C=C.CC. The van der Waals surface area contributed by atoms with Crippen molar-refractivity contribution in [1.82, 2.24) is 9.55 Å². The van der Waals surface area contributed by atoms with E-state index in [9.17, 15) is 0 Å². The van der Waals surface area contributed by atoms with Crippen molar-refractivity contribution in [2.45, 2.75) is 20.8 Å². The molecule has 0 fully saturated rings. The normalized spacial score (nSPS) is 9.60. The highest BCUT2D eigenvalue weighted by atomic mass is 15.1. The fourth-order valence-corrected chi connectivity index (χ4v) is 1.18. The second kappa shape index (κ2) is 6.82. The van der Waals surface area contributed by atoms with Crippen molar-refractivity contribution < 1.29 is 0 Å². The maximum absolute atomic E-state index is 4.38. The van der Waals surface area contributed by atoms with Crippen LogP contribution in [0.15, 0.2) is 25.3 Å². The summed E-state index contributed by atoms with van der Waals surface area (Å²) >= 11 is 0. The smallest absolute Gasteiger partial charge is 0.106 e. The number of hydrogen-bond acceptors (Lipinski definition) is 1. The third-order valence-corrected chi connectivity index (χ3v) is 1.97. The third-order valence-electron chi connectivity index (χ3n) is 1.97. The summed E-state index contributed by atoms with van der Waals surface area (Å²) in [5, 5.41) is 0. The van der Waals surface area contributed by atoms with E-state index in [0.29, 0.717) is 0 Å². The van der Waals surface area contributed by atoms with Crippen molar-refractivity contribution in [2.24, 2.45) is 7.05 Å². The van der Waals surface area contributed by atoms with Gasteiger partial charge in [-0.05, 0) is 19.1 Å². The average molecular weight is 204 g/mol. The largest absolute Gasteiger partial charge is 0.331 e. The van der Waals surface area contributed by atoms with Crippen LogP contribution in [0.25, 0.3) is 12.2 Å². The summed E-state index contributed by atoms with van der Waals surface area (Å²) in [6.45, 7) is 13.3. The van der Waals surface area contributed by atoms with Crippen molar-refractivity contribution in [3.05, 3.63) is 42.5 Å². The van der Waals surface area contributed by atoms with E-state index in [-0.39, 0.29) is 0 Å². The van der Waals surface area contributed by atoms with E-state index >= 15 is 0 Å². The monoisotopic (exact) mass is 204 g/mol. The van der Waals surface area contributed by atoms with Gasteiger partial charge in [-0.1, -0.05) is 39.2 Å². The van der Waals surface area contributed by atoms with Gasteiger partial charge in [0.1, 0.15) is 5.82 Å². The summed E-state index contributed by atoms with van der Waals surface area (Å²) in [6, 6.07) is 0. The molecule has 82 valence electrons. The molecular formula is C13H20N2. The van der Waals surface area contributed by atoms with E-state index in [4.69, 9.17) is 0 Å². The second-order valence-electron chi connectivity index (χ2n) is 2.79. The Hall–Kier alpha value is -1.57. The van der Waals surface area contributed by atoms with Gasteiger partial charge in [0.25, 0.3) is 0 Å². The lowest BCUT2D eigenvalue weighted by atomic mass is 10.3. The molecule has 1 aromatic heterocycles. The summed E-state index contributed by atoms with van der Waals surface area (Å²) < 4.78 is 2.01. The number of aryl methyl sites for hydroxylation is 1. The van der Waals surface area contributed by atoms with E-state index in [1.54, 1.807) is 6.08 Å². The molecule has 0 unspecified atom stereocenters. The average Bonchev–Trinajstić information content (AvgIpc) is 2.54. The van der Waals surface area contributed by atoms with E-state index in [1.807, 2.05) is 50.6 Å². The zero-order chi connectivity index (χ0) is 11.8. The van der Waals surface area contributed by atoms with Crippen LogP contribution in [0.5, 0.6) is 0 Å². The minimum Gasteiger partial charge on any atom is -0.331 e. The van der Waals surface area contributed by atoms with Gasteiger partial charge in [0.2, 0.25) is 0 Å². The van der Waals surface area contributed by atoms with Crippen molar-refractivity contribution in [3.8, 4) is 0 Å². The standard InChI is InChI=1S/C11H14N2.C2H6/c1-5-7-8-10-11(6-2)13(4)9(3)12-10;1-2/h5-8H,1-2H2,3-4H3;1-2H3/b8-7-;. The molecule has 0 bridgehead atoms. The van der Waals surface area contributed by atoms with Gasteiger partial charge in [0, 0.05) is 7.05 Å². The molecule has 0 saturated carbocycles. The van der Waals surface area contributed by atoms with Crippen LogP contribution in [-0.4, -0.2) is 9.55 Å². The van der Waals surface area contributed by atoms with Crippen molar-refractivity contribution >= 4 is 12.2 Å². The Morgan fingerprint density at radius 1 is 1.27 bits per heavy atom. The van der Waals surface area contributed by atoms with Gasteiger partial charge in [0.05, 0.1) is 11.4 Å². The molecule has 0 N–H and O–H groups in total. The van der Waals surface area contributed by atoms with Crippen LogP contribution in [0, 0.1) is 6.92 Å². The molecule has 0 spiro atoms. The first-order valence-corrected chi connectivity index (χ1v) is 5.15. The maximum atomic E-state index is 4.38. The van der Waals surface area contributed by atoms with Crippen molar-refractivity contribution in [3.63, 3.8) is 0 Å². The maximum Gasteiger partial charge on any atom is 0.106 e. The van der Waals surface area contributed by atoms with Gasteiger partial charge in [0.15, 0.2) is 0 Å². The molecule has 2 heteroatoms. The third kappa shape index (κ3) is 3.24. The van der Waals surface area contributed by atoms with Crippen molar-refractivity contribution in [2.75, 3.05) is 0 Å². The Morgan fingerprint density at radius 2 is 1.87 bits per heavy atom. The number of aromatic nitrogens is 2. The minimum atomic E-state index is 0.940. The number of hydrogen-bond donors (Lipinski definition) is 0. The molecule has 2 nitrogen and oxygen atoms in total. The molecule has 0 aromatic carbocycles. The predicted octanol–water partition coefficient (Wildman–Crippen LogP) is 3.60. The molecule has 0 aliphatic carbocycles. The number of nitrogens with zero attached hydrogens (tertiary/aromatic N) is 2. The fourth-order valence-electron chi connectivity index (χ4n) is 1.18. The van der Waals surface area contributed by atoms with Crippen LogP contribution in [0.1, 0.15) is 31.1 Å². The zero-order valence-electron chi connectivity index (χ0n) is 10.1. The van der Waals surface area contributed by atoms with Crippen molar-refractivity contribution in [1.29, 1.82) is 0 Å². The summed E-state index contributed by atoms with van der Waals surface area (Å²) in [7, 11) is 1.98. The first-order valence-electron chi connectivity index (χ1n) is 5.15. The molecule has 1 rings (SSSR count). The summed E-state index contributed by atoms with van der Waals surface area (Å²) in [5.41, 5.74) is 1.98. The van der Waals surface area contributed by atoms with E-state index < -0.39 is 0 Å². The Bertz CT molecular complexity index is 357. The lowest BCUT2D eigenvalue weighted by Gasteiger charge is -1.96. The summed E-state index contributed by atoms with van der Waals surface area (Å²) in [4.78, 5) is 4.38. The zero-order valence-corrected chi connectivity index (χ0v) is 10.1. The Kier molecular flexibility index (Phi) is 6.11. The molecule has 0 aliphatic rings.